The first kappa shape index (κ1) is 12.1. The Morgan fingerprint density at radius 1 is 1.42 bits per heavy atom. The summed E-state index contributed by atoms with van der Waals surface area (Å²) in [6.45, 7) is 2.76. The molecule has 19 heavy (non-hydrogen) atoms. The van der Waals surface area contributed by atoms with Crippen LogP contribution in [0.4, 0.5) is 5.69 Å². The lowest BCUT2D eigenvalue weighted by Crippen LogP contribution is -2.43. The van der Waals surface area contributed by atoms with E-state index in [1.807, 2.05) is 34.5 Å². The van der Waals surface area contributed by atoms with Crippen molar-refractivity contribution in [2.24, 2.45) is 0 Å². The first-order chi connectivity index (χ1) is 9.31. The van der Waals surface area contributed by atoms with Gasteiger partial charge in [-0.25, -0.2) is 0 Å². The van der Waals surface area contributed by atoms with Crippen LogP contribution in [0.15, 0.2) is 29.6 Å². The Balaban J connectivity index is 2.03. The zero-order chi connectivity index (χ0) is 13.2. The maximum Gasteiger partial charge on any atom is 0.257 e. The molecule has 0 spiro atoms. The molecule has 0 fully saturated rings. The molecule has 0 aliphatic carbocycles. The van der Waals surface area contributed by atoms with Crippen molar-refractivity contribution < 1.29 is 4.79 Å². The van der Waals surface area contributed by atoms with Crippen LogP contribution < -0.4 is 5.32 Å². The first-order valence-electron chi connectivity index (χ1n) is 6.24. The number of para-hydroxylation sites is 1. The highest BCUT2D eigenvalue weighted by atomic mass is 32.1. The molecule has 5 nitrogen and oxygen atoms in total. The summed E-state index contributed by atoms with van der Waals surface area (Å²) in [6.07, 6.45) is 0.685. The molecule has 6 heteroatoms. The van der Waals surface area contributed by atoms with Gasteiger partial charge in [0.1, 0.15) is 11.9 Å². The van der Waals surface area contributed by atoms with Gasteiger partial charge in [-0.3, -0.25) is 4.79 Å². The third kappa shape index (κ3) is 2.08. The number of hydrogen-bond donors (Lipinski definition) is 1. The molecule has 1 N–H and O–H groups in total. The van der Waals surface area contributed by atoms with E-state index in [9.17, 15) is 4.79 Å². The molecule has 2 heterocycles. The predicted molar refractivity (Wildman–Crippen MR) is 74.0 cm³/mol. The summed E-state index contributed by atoms with van der Waals surface area (Å²) in [6, 6.07) is 7.57. The molecule has 1 aromatic heterocycles. The quantitative estimate of drug-likeness (QED) is 0.934. The van der Waals surface area contributed by atoms with Gasteiger partial charge in [0.15, 0.2) is 0 Å². The van der Waals surface area contributed by atoms with E-state index >= 15 is 0 Å². The van der Waals surface area contributed by atoms with Crippen molar-refractivity contribution in [1.82, 2.24) is 14.5 Å². The van der Waals surface area contributed by atoms with Gasteiger partial charge in [0.2, 0.25) is 0 Å². The smallest absolute Gasteiger partial charge is 0.257 e. The number of nitrogens with zero attached hydrogens (tertiary/aromatic N) is 3. The van der Waals surface area contributed by atoms with E-state index in [4.69, 9.17) is 0 Å². The molecule has 0 radical (unpaired) electrons. The summed E-state index contributed by atoms with van der Waals surface area (Å²) in [5, 5.41) is 9.34. The average Bonchev–Trinajstić information content (AvgIpc) is 2.96. The second kappa shape index (κ2) is 4.97. The Morgan fingerprint density at radius 2 is 2.26 bits per heavy atom. The third-order valence-corrected chi connectivity index (χ3v) is 3.67. The number of amides is 1. The highest BCUT2D eigenvalue weighted by molar-refractivity contribution is 7.03. The lowest BCUT2D eigenvalue weighted by Gasteiger charge is -2.36. The zero-order valence-electron chi connectivity index (χ0n) is 10.5. The van der Waals surface area contributed by atoms with Crippen molar-refractivity contribution >= 4 is 23.1 Å². The van der Waals surface area contributed by atoms with Gasteiger partial charge in [-0.15, -0.1) is 5.10 Å². The molecule has 1 amide bonds. The summed E-state index contributed by atoms with van der Waals surface area (Å²) in [7, 11) is 0. The Kier molecular flexibility index (Phi) is 3.16. The van der Waals surface area contributed by atoms with E-state index in [-0.39, 0.29) is 12.1 Å². The van der Waals surface area contributed by atoms with Crippen molar-refractivity contribution in [3.63, 3.8) is 0 Å². The van der Waals surface area contributed by atoms with E-state index in [1.165, 1.54) is 11.5 Å². The van der Waals surface area contributed by atoms with Gasteiger partial charge in [0.25, 0.3) is 5.91 Å². The van der Waals surface area contributed by atoms with Crippen LogP contribution in [0.1, 0.15) is 35.6 Å². The molecular formula is C13H14N4OS. The Morgan fingerprint density at radius 3 is 3.00 bits per heavy atom. The minimum Gasteiger partial charge on any atom is -0.359 e. The molecule has 0 saturated carbocycles. The lowest BCUT2D eigenvalue weighted by molar-refractivity contribution is 0.0680. The fourth-order valence-electron chi connectivity index (χ4n) is 2.29. The van der Waals surface area contributed by atoms with Crippen molar-refractivity contribution in [2.45, 2.75) is 19.5 Å². The maximum atomic E-state index is 12.6. The van der Waals surface area contributed by atoms with E-state index in [0.29, 0.717) is 6.54 Å². The van der Waals surface area contributed by atoms with Gasteiger partial charge in [-0.05, 0) is 30.1 Å². The number of aromatic nitrogens is 2. The van der Waals surface area contributed by atoms with Crippen molar-refractivity contribution in [3.05, 3.63) is 40.9 Å². The number of benzene rings is 1. The maximum absolute atomic E-state index is 12.6. The normalized spacial score (nSPS) is 18.1. The molecule has 0 bridgehead atoms. The first-order valence-corrected chi connectivity index (χ1v) is 7.08. The standard InChI is InChI=1S/C13H14N4OS/c1-2-7-17-12(11-8-19-16-15-11)14-10-6-4-3-5-9(10)13(17)18/h3-6,8,12,14H,2,7H2,1H3/t12-/m1/s1. The summed E-state index contributed by atoms with van der Waals surface area (Å²) in [5.74, 6) is 0.0502. The summed E-state index contributed by atoms with van der Waals surface area (Å²) < 4.78 is 3.89. The van der Waals surface area contributed by atoms with Gasteiger partial charge >= 0.3 is 0 Å². The largest absolute Gasteiger partial charge is 0.359 e. The monoisotopic (exact) mass is 274 g/mol. The van der Waals surface area contributed by atoms with Crippen LogP contribution in [0.2, 0.25) is 0 Å². The van der Waals surface area contributed by atoms with E-state index < -0.39 is 0 Å². The molecule has 1 aromatic carbocycles. The molecule has 1 atom stereocenters. The minimum atomic E-state index is -0.221. The number of carbonyl (C=O) groups excluding carboxylic acids is 1. The highest BCUT2D eigenvalue weighted by Crippen LogP contribution is 2.32. The van der Waals surface area contributed by atoms with E-state index in [1.54, 1.807) is 0 Å². The lowest BCUT2D eigenvalue weighted by atomic mass is 10.1. The van der Waals surface area contributed by atoms with Crippen molar-refractivity contribution in [1.29, 1.82) is 0 Å². The molecule has 1 aliphatic heterocycles. The molecule has 0 saturated heterocycles. The highest BCUT2D eigenvalue weighted by Gasteiger charge is 2.33. The zero-order valence-corrected chi connectivity index (χ0v) is 11.4. The fourth-order valence-corrected chi connectivity index (χ4v) is 2.76. The molecule has 0 unspecified atom stereocenters. The number of anilines is 1. The number of nitrogens with one attached hydrogen (secondary N) is 1. The van der Waals surface area contributed by atoms with Crippen LogP contribution >= 0.6 is 11.5 Å². The number of hydrogen-bond acceptors (Lipinski definition) is 5. The Bertz CT molecular complexity index is 584. The summed E-state index contributed by atoms with van der Waals surface area (Å²) in [4.78, 5) is 14.4. The third-order valence-electron chi connectivity index (χ3n) is 3.14. The van der Waals surface area contributed by atoms with Crippen LogP contribution in [0, 0.1) is 0 Å². The second-order valence-corrected chi connectivity index (χ2v) is 5.03. The molecule has 3 rings (SSSR count). The number of fused-ring (bicyclic) bond motifs is 1. The van der Waals surface area contributed by atoms with Crippen LogP contribution in [-0.2, 0) is 0 Å². The van der Waals surface area contributed by atoms with Crippen molar-refractivity contribution in [3.8, 4) is 0 Å². The minimum absolute atomic E-state index is 0.0502. The predicted octanol–water partition coefficient (Wildman–Crippen LogP) is 2.51. The van der Waals surface area contributed by atoms with Gasteiger partial charge in [0.05, 0.1) is 5.56 Å². The SMILES string of the molecule is CCCN1C(=O)c2ccccc2N[C@H]1c1csnn1. The molecule has 2 aromatic rings. The number of rotatable bonds is 3. The van der Waals surface area contributed by atoms with E-state index in [0.717, 1.165) is 23.4 Å². The Hall–Kier alpha value is -1.95. The van der Waals surface area contributed by atoms with Crippen LogP contribution in [0.5, 0.6) is 0 Å². The molecule has 98 valence electrons. The van der Waals surface area contributed by atoms with Gasteiger partial charge in [-0.1, -0.05) is 23.5 Å². The molecule has 1 aliphatic rings. The average molecular weight is 274 g/mol. The van der Waals surface area contributed by atoms with Crippen LogP contribution in [-0.4, -0.2) is 26.9 Å². The van der Waals surface area contributed by atoms with Gasteiger partial charge in [0, 0.05) is 17.6 Å². The number of carbonyl (C=O) groups is 1. The van der Waals surface area contributed by atoms with Crippen molar-refractivity contribution in [2.75, 3.05) is 11.9 Å². The summed E-state index contributed by atoms with van der Waals surface area (Å²) >= 11 is 1.30. The van der Waals surface area contributed by atoms with E-state index in [2.05, 4.69) is 21.8 Å². The second-order valence-electron chi connectivity index (χ2n) is 4.42. The van der Waals surface area contributed by atoms with Gasteiger partial charge < -0.3 is 10.2 Å². The van der Waals surface area contributed by atoms with Crippen LogP contribution in [0.25, 0.3) is 0 Å². The van der Waals surface area contributed by atoms with Crippen LogP contribution in [0.3, 0.4) is 0 Å². The fraction of sp³-hybridized carbons (Fsp3) is 0.308. The topological polar surface area (TPSA) is 58.1 Å². The summed E-state index contributed by atoms with van der Waals surface area (Å²) in [5.41, 5.74) is 2.37. The molecular weight excluding hydrogens is 260 g/mol. The Labute approximate surface area is 115 Å². The van der Waals surface area contributed by atoms with Gasteiger partial charge in [-0.2, -0.15) is 0 Å².